The van der Waals surface area contributed by atoms with E-state index in [1.54, 1.807) is 20.1 Å². The molecule has 0 radical (unpaired) electrons. The van der Waals surface area contributed by atoms with Crippen molar-refractivity contribution in [2.75, 3.05) is 7.11 Å². The van der Waals surface area contributed by atoms with Crippen LogP contribution in [0.1, 0.15) is 12.5 Å². The molecule has 1 atom stereocenters. The van der Waals surface area contributed by atoms with Gasteiger partial charge in [-0.3, -0.25) is 0 Å². The second-order valence-electron chi connectivity index (χ2n) is 3.52. The Balaban J connectivity index is 2.19. The maximum atomic E-state index is 11.3. The van der Waals surface area contributed by atoms with Gasteiger partial charge in [-0.25, -0.2) is 4.79 Å². The van der Waals surface area contributed by atoms with Crippen LogP contribution < -0.4 is 10.1 Å². The monoisotopic (exact) mass is 219 g/mol. The molecule has 1 heterocycles. The molecule has 1 saturated heterocycles. The van der Waals surface area contributed by atoms with E-state index in [1.807, 2.05) is 24.3 Å². The average molecular weight is 219 g/mol. The third-order valence-corrected chi connectivity index (χ3v) is 2.29. The van der Waals surface area contributed by atoms with E-state index < -0.39 is 0 Å². The number of cyclic esters (lactones) is 1. The molecule has 1 aliphatic rings. The Bertz CT molecular complexity index is 422. The summed E-state index contributed by atoms with van der Waals surface area (Å²) in [6.45, 7) is 1.78. The molecular weight excluding hydrogens is 206 g/mol. The standard InChI is InChI=1S/C12H13NO3/c1-8-13-11(12(14)16-8)7-9-3-5-10(15-2)6-4-9/h3-8,13H,1-2H3/b11-7+. The number of rotatable bonds is 2. The van der Waals surface area contributed by atoms with E-state index in [2.05, 4.69) is 5.32 Å². The molecule has 4 nitrogen and oxygen atoms in total. The van der Waals surface area contributed by atoms with Gasteiger partial charge in [-0.2, -0.15) is 0 Å². The number of carbonyl (C=O) groups is 1. The smallest absolute Gasteiger partial charge is 0.356 e. The third-order valence-electron chi connectivity index (χ3n) is 2.29. The lowest BCUT2D eigenvalue weighted by Crippen LogP contribution is -2.16. The van der Waals surface area contributed by atoms with Crippen LogP contribution in [0.5, 0.6) is 5.75 Å². The normalized spacial score (nSPS) is 21.8. The second-order valence-corrected chi connectivity index (χ2v) is 3.52. The van der Waals surface area contributed by atoms with Crippen LogP contribution in [-0.4, -0.2) is 19.3 Å². The molecule has 16 heavy (non-hydrogen) atoms. The topological polar surface area (TPSA) is 47.6 Å². The van der Waals surface area contributed by atoms with Gasteiger partial charge in [0.15, 0.2) is 6.23 Å². The minimum absolute atomic E-state index is 0.253. The van der Waals surface area contributed by atoms with Crippen molar-refractivity contribution in [3.8, 4) is 5.75 Å². The minimum atomic E-state index is -0.316. The number of hydrogen-bond donors (Lipinski definition) is 1. The largest absolute Gasteiger partial charge is 0.497 e. The molecule has 1 aromatic carbocycles. The summed E-state index contributed by atoms with van der Waals surface area (Å²) in [6.07, 6.45) is 1.50. The number of ether oxygens (including phenoxy) is 2. The van der Waals surface area contributed by atoms with Gasteiger partial charge in [0.1, 0.15) is 11.4 Å². The van der Waals surface area contributed by atoms with E-state index >= 15 is 0 Å². The number of benzene rings is 1. The van der Waals surface area contributed by atoms with Crippen LogP contribution in [0.4, 0.5) is 0 Å². The molecule has 1 aliphatic heterocycles. The number of carbonyl (C=O) groups excluding carboxylic acids is 1. The van der Waals surface area contributed by atoms with Gasteiger partial charge in [0, 0.05) is 0 Å². The summed E-state index contributed by atoms with van der Waals surface area (Å²) in [6, 6.07) is 7.44. The summed E-state index contributed by atoms with van der Waals surface area (Å²) in [7, 11) is 1.62. The highest BCUT2D eigenvalue weighted by atomic mass is 16.6. The molecule has 0 amide bonds. The summed E-state index contributed by atoms with van der Waals surface area (Å²) in [5.41, 5.74) is 1.41. The fraction of sp³-hybridized carbons (Fsp3) is 0.250. The first-order chi connectivity index (χ1) is 7.69. The van der Waals surface area contributed by atoms with Crippen LogP contribution in [0.3, 0.4) is 0 Å². The Hall–Kier alpha value is -1.97. The summed E-state index contributed by atoms with van der Waals surface area (Å²) in [4.78, 5) is 11.3. The fourth-order valence-electron chi connectivity index (χ4n) is 1.50. The van der Waals surface area contributed by atoms with Gasteiger partial charge in [-0.15, -0.1) is 0 Å². The number of hydrogen-bond acceptors (Lipinski definition) is 4. The molecule has 2 rings (SSSR count). The van der Waals surface area contributed by atoms with Crippen molar-refractivity contribution >= 4 is 12.0 Å². The molecule has 0 aliphatic carbocycles. The summed E-state index contributed by atoms with van der Waals surface area (Å²) in [5.74, 6) is 0.473. The van der Waals surface area contributed by atoms with E-state index in [0.29, 0.717) is 5.70 Å². The highest BCUT2D eigenvalue weighted by molar-refractivity contribution is 5.94. The van der Waals surface area contributed by atoms with Gasteiger partial charge in [0.2, 0.25) is 0 Å². The molecule has 1 aromatic rings. The highest BCUT2D eigenvalue weighted by Crippen LogP contribution is 2.16. The maximum absolute atomic E-state index is 11.3. The van der Waals surface area contributed by atoms with Gasteiger partial charge in [-0.05, 0) is 30.7 Å². The number of esters is 1. The van der Waals surface area contributed by atoms with Crippen LogP contribution in [0.25, 0.3) is 6.08 Å². The van der Waals surface area contributed by atoms with Crippen molar-refractivity contribution in [3.63, 3.8) is 0 Å². The van der Waals surface area contributed by atoms with Crippen molar-refractivity contribution in [1.29, 1.82) is 0 Å². The van der Waals surface area contributed by atoms with Crippen molar-refractivity contribution in [3.05, 3.63) is 35.5 Å². The van der Waals surface area contributed by atoms with Gasteiger partial charge in [0.05, 0.1) is 7.11 Å². The van der Waals surface area contributed by atoms with Crippen molar-refractivity contribution < 1.29 is 14.3 Å². The van der Waals surface area contributed by atoms with E-state index in [-0.39, 0.29) is 12.2 Å². The molecule has 1 N–H and O–H groups in total. The zero-order chi connectivity index (χ0) is 11.5. The van der Waals surface area contributed by atoms with E-state index in [9.17, 15) is 4.79 Å². The Labute approximate surface area is 93.9 Å². The Morgan fingerprint density at radius 1 is 1.38 bits per heavy atom. The van der Waals surface area contributed by atoms with E-state index in [1.165, 1.54) is 0 Å². The van der Waals surface area contributed by atoms with Crippen LogP contribution in [0, 0.1) is 0 Å². The molecule has 84 valence electrons. The quantitative estimate of drug-likeness (QED) is 0.605. The fourth-order valence-corrected chi connectivity index (χ4v) is 1.50. The van der Waals surface area contributed by atoms with E-state index in [0.717, 1.165) is 11.3 Å². The Morgan fingerprint density at radius 2 is 2.06 bits per heavy atom. The molecule has 1 unspecified atom stereocenters. The molecule has 4 heteroatoms. The highest BCUT2D eigenvalue weighted by Gasteiger charge is 2.23. The number of methoxy groups -OCH3 is 1. The third kappa shape index (κ3) is 2.16. The molecule has 0 spiro atoms. The lowest BCUT2D eigenvalue weighted by molar-refractivity contribution is -0.138. The predicted molar refractivity (Wildman–Crippen MR) is 59.7 cm³/mol. The van der Waals surface area contributed by atoms with Crippen molar-refractivity contribution in [2.24, 2.45) is 0 Å². The Morgan fingerprint density at radius 3 is 2.56 bits per heavy atom. The predicted octanol–water partition coefficient (Wildman–Crippen LogP) is 1.53. The van der Waals surface area contributed by atoms with E-state index in [4.69, 9.17) is 9.47 Å². The van der Waals surface area contributed by atoms with Crippen LogP contribution in [0.2, 0.25) is 0 Å². The minimum Gasteiger partial charge on any atom is -0.497 e. The molecule has 0 saturated carbocycles. The molecular formula is C12H13NO3. The first-order valence-electron chi connectivity index (χ1n) is 5.02. The zero-order valence-corrected chi connectivity index (χ0v) is 9.19. The zero-order valence-electron chi connectivity index (χ0n) is 9.19. The van der Waals surface area contributed by atoms with Gasteiger partial charge >= 0.3 is 5.97 Å². The molecule has 1 fully saturated rings. The Kier molecular flexibility index (Phi) is 2.81. The van der Waals surface area contributed by atoms with Gasteiger partial charge in [-0.1, -0.05) is 12.1 Å². The van der Waals surface area contributed by atoms with Crippen molar-refractivity contribution in [1.82, 2.24) is 5.32 Å². The number of nitrogens with one attached hydrogen (secondary N) is 1. The first kappa shape index (κ1) is 10.5. The summed E-state index contributed by atoms with van der Waals surface area (Å²) in [5, 5.41) is 2.94. The van der Waals surface area contributed by atoms with Crippen molar-refractivity contribution in [2.45, 2.75) is 13.2 Å². The molecule has 0 bridgehead atoms. The SMILES string of the molecule is COc1ccc(/C=C2/NC(C)OC2=O)cc1. The van der Waals surface area contributed by atoms with Gasteiger partial charge < -0.3 is 14.8 Å². The summed E-state index contributed by atoms with van der Waals surface area (Å²) >= 11 is 0. The second kappa shape index (κ2) is 4.26. The summed E-state index contributed by atoms with van der Waals surface area (Å²) < 4.78 is 10.00. The van der Waals surface area contributed by atoms with Crippen LogP contribution in [-0.2, 0) is 9.53 Å². The van der Waals surface area contributed by atoms with Crippen LogP contribution >= 0.6 is 0 Å². The van der Waals surface area contributed by atoms with Gasteiger partial charge in [0.25, 0.3) is 0 Å². The lowest BCUT2D eigenvalue weighted by atomic mass is 10.2. The first-order valence-corrected chi connectivity index (χ1v) is 5.02. The average Bonchev–Trinajstić information content (AvgIpc) is 2.59. The lowest BCUT2D eigenvalue weighted by Gasteiger charge is -2.00. The van der Waals surface area contributed by atoms with Crippen LogP contribution in [0.15, 0.2) is 30.0 Å². The maximum Gasteiger partial charge on any atom is 0.356 e. The molecule has 0 aromatic heterocycles.